The number of carbonyl (C=O) groups excluding carboxylic acids is 1. The zero-order valence-electron chi connectivity index (χ0n) is 11.5. The minimum atomic E-state index is -0.426. The predicted octanol–water partition coefficient (Wildman–Crippen LogP) is 2.57. The second-order valence-electron chi connectivity index (χ2n) is 5.09. The molecule has 0 bridgehead atoms. The Morgan fingerprint density at radius 2 is 1.82 bits per heavy atom. The molecular formula is C17H12N2O3. The van der Waals surface area contributed by atoms with Crippen LogP contribution in [0.4, 0.5) is 5.69 Å². The van der Waals surface area contributed by atoms with Crippen molar-refractivity contribution < 1.29 is 14.7 Å². The van der Waals surface area contributed by atoms with E-state index in [0.29, 0.717) is 33.9 Å². The van der Waals surface area contributed by atoms with Gasteiger partial charge in [0.1, 0.15) is 11.5 Å². The first kappa shape index (κ1) is 12.6. The first-order chi connectivity index (χ1) is 10.8. The van der Waals surface area contributed by atoms with Crippen molar-refractivity contribution in [2.75, 3.05) is 5.32 Å². The molecule has 0 fully saturated rings. The smallest absolute Gasteiger partial charge is 0.256 e. The topological polar surface area (TPSA) is 70.9 Å². The van der Waals surface area contributed by atoms with E-state index in [-0.39, 0.29) is 5.91 Å². The van der Waals surface area contributed by atoms with Gasteiger partial charge in [0.2, 0.25) is 0 Å². The minimum Gasteiger partial charge on any atom is -0.480 e. The van der Waals surface area contributed by atoms with Gasteiger partial charge >= 0.3 is 0 Å². The number of rotatable bonds is 2. The van der Waals surface area contributed by atoms with Crippen molar-refractivity contribution in [1.29, 1.82) is 0 Å². The second kappa shape index (κ2) is 4.73. The van der Waals surface area contributed by atoms with Gasteiger partial charge in [-0.2, -0.15) is 0 Å². The van der Waals surface area contributed by atoms with Crippen LogP contribution in [-0.4, -0.2) is 22.9 Å². The molecule has 0 radical (unpaired) electrons. The predicted molar refractivity (Wildman–Crippen MR) is 81.3 cm³/mol. The fraction of sp³-hybridized carbons (Fsp3) is 0.0588. The van der Waals surface area contributed by atoms with Crippen LogP contribution in [0.1, 0.15) is 5.56 Å². The molecular weight excluding hydrogens is 280 g/mol. The lowest BCUT2D eigenvalue weighted by Gasteiger charge is -2.16. The fourth-order valence-corrected chi connectivity index (χ4v) is 2.68. The number of carbonyl (C=O) groups is 1. The number of amides is 1. The molecule has 1 aliphatic carbocycles. The molecule has 2 aromatic carbocycles. The molecule has 2 aromatic rings. The molecule has 0 saturated carbocycles. The Morgan fingerprint density at radius 1 is 1.09 bits per heavy atom. The number of para-hydroxylation sites is 2. The van der Waals surface area contributed by atoms with Gasteiger partial charge in [0.25, 0.3) is 5.91 Å². The van der Waals surface area contributed by atoms with Crippen LogP contribution in [0.15, 0.2) is 70.9 Å². The van der Waals surface area contributed by atoms with E-state index in [0.717, 1.165) is 0 Å². The van der Waals surface area contributed by atoms with Gasteiger partial charge < -0.3 is 15.3 Å². The quantitative estimate of drug-likeness (QED) is 0.660. The van der Waals surface area contributed by atoms with Crippen LogP contribution >= 0.6 is 0 Å². The molecule has 1 aliphatic heterocycles. The monoisotopic (exact) mass is 292 g/mol. The van der Waals surface area contributed by atoms with Crippen LogP contribution in [0, 0.1) is 0 Å². The van der Waals surface area contributed by atoms with Gasteiger partial charge in [-0.3, -0.25) is 4.79 Å². The van der Waals surface area contributed by atoms with Crippen LogP contribution in [0.3, 0.4) is 0 Å². The number of benzene rings is 2. The Morgan fingerprint density at radius 3 is 2.59 bits per heavy atom. The molecule has 1 unspecified atom stereocenters. The number of anilines is 1. The van der Waals surface area contributed by atoms with E-state index in [1.165, 1.54) is 0 Å². The number of fused-ring (bicyclic) bond motifs is 2. The third-order valence-electron chi connectivity index (χ3n) is 3.75. The summed E-state index contributed by atoms with van der Waals surface area (Å²) in [5.41, 5.74) is 2.97. The Balaban J connectivity index is 1.64. The highest BCUT2D eigenvalue weighted by atomic mass is 16.5. The number of hydrogen-bond acceptors (Lipinski definition) is 4. The van der Waals surface area contributed by atoms with Crippen molar-refractivity contribution >= 4 is 17.3 Å². The summed E-state index contributed by atoms with van der Waals surface area (Å²) in [6.07, 6.45) is -0.426. The van der Waals surface area contributed by atoms with Crippen LogP contribution in [0.2, 0.25) is 0 Å². The number of nitrogens with zero attached hydrogens (tertiary/aromatic N) is 1. The van der Waals surface area contributed by atoms with Crippen molar-refractivity contribution in [3.63, 3.8) is 0 Å². The number of oxime groups is 1. The minimum absolute atomic E-state index is 0.236. The molecule has 1 amide bonds. The van der Waals surface area contributed by atoms with Gasteiger partial charge in [-0.15, -0.1) is 0 Å². The first-order valence-corrected chi connectivity index (χ1v) is 6.88. The van der Waals surface area contributed by atoms with Gasteiger partial charge in [-0.05, 0) is 24.3 Å². The highest BCUT2D eigenvalue weighted by Gasteiger charge is 2.50. The maximum Gasteiger partial charge on any atom is 0.256 e. The van der Waals surface area contributed by atoms with Gasteiger partial charge in [0.15, 0.2) is 6.10 Å². The summed E-state index contributed by atoms with van der Waals surface area (Å²) in [4.78, 5) is 12.4. The number of hydrogen-bond donors (Lipinski definition) is 2. The highest BCUT2D eigenvalue weighted by Crippen LogP contribution is 2.45. The molecule has 5 heteroatoms. The number of ether oxygens (including phenoxy) is 1. The summed E-state index contributed by atoms with van der Waals surface area (Å²) in [6.45, 7) is 0. The SMILES string of the molecule is O=C(Nc1ccccc1)C1=C2/C(=N\O)c3ccccc3OC12. The van der Waals surface area contributed by atoms with E-state index < -0.39 is 6.10 Å². The van der Waals surface area contributed by atoms with Crippen LogP contribution in [0.25, 0.3) is 0 Å². The Bertz CT molecular complexity index is 825. The van der Waals surface area contributed by atoms with Crippen molar-refractivity contribution in [2.24, 2.45) is 5.16 Å². The first-order valence-electron chi connectivity index (χ1n) is 6.88. The lowest BCUT2D eigenvalue weighted by Crippen LogP contribution is -2.19. The zero-order valence-corrected chi connectivity index (χ0v) is 11.5. The lowest BCUT2D eigenvalue weighted by atomic mass is 10.0. The van der Waals surface area contributed by atoms with Crippen LogP contribution in [-0.2, 0) is 4.79 Å². The van der Waals surface area contributed by atoms with Crippen LogP contribution < -0.4 is 10.1 Å². The lowest BCUT2D eigenvalue weighted by molar-refractivity contribution is -0.112. The third kappa shape index (κ3) is 1.87. The fourth-order valence-electron chi connectivity index (χ4n) is 2.68. The van der Waals surface area contributed by atoms with Crippen molar-refractivity contribution in [2.45, 2.75) is 6.10 Å². The van der Waals surface area contributed by atoms with E-state index >= 15 is 0 Å². The largest absolute Gasteiger partial charge is 0.480 e. The molecule has 1 atom stereocenters. The number of nitrogens with one attached hydrogen (secondary N) is 1. The highest BCUT2D eigenvalue weighted by molar-refractivity contribution is 6.27. The van der Waals surface area contributed by atoms with Crippen molar-refractivity contribution in [3.05, 3.63) is 71.3 Å². The maximum atomic E-state index is 12.4. The van der Waals surface area contributed by atoms with E-state index in [4.69, 9.17) is 4.74 Å². The van der Waals surface area contributed by atoms with Gasteiger partial charge in [-0.1, -0.05) is 35.5 Å². The van der Waals surface area contributed by atoms with Crippen molar-refractivity contribution in [3.8, 4) is 5.75 Å². The molecule has 0 spiro atoms. The summed E-state index contributed by atoms with van der Waals surface area (Å²) in [5, 5.41) is 15.5. The molecule has 1 heterocycles. The zero-order chi connectivity index (χ0) is 15.1. The molecule has 0 saturated heterocycles. The average molecular weight is 292 g/mol. The molecule has 4 rings (SSSR count). The molecule has 108 valence electrons. The van der Waals surface area contributed by atoms with Gasteiger partial charge in [0.05, 0.1) is 5.57 Å². The molecule has 0 aromatic heterocycles. The van der Waals surface area contributed by atoms with Gasteiger partial charge in [-0.25, -0.2) is 0 Å². The molecule has 2 N–H and O–H groups in total. The Hall–Kier alpha value is -3.08. The third-order valence-corrected chi connectivity index (χ3v) is 3.75. The second-order valence-corrected chi connectivity index (χ2v) is 5.09. The summed E-state index contributed by atoms with van der Waals surface area (Å²) >= 11 is 0. The normalized spacial score (nSPS) is 20.0. The van der Waals surface area contributed by atoms with Crippen LogP contribution in [0.5, 0.6) is 5.75 Å². The van der Waals surface area contributed by atoms with Gasteiger partial charge in [0, 0.05) is 16.8 Å². The standard InChI is InChI=1S/C17H12N2O3/c20-17(18-10-6-2-1-3-7-10)14-13-15(19-21)11-8-4-5-9-12(11)22-16(13)14/h1-9,16,21H,(H,18,20)/b19-15-. The summed E-state index contributed by atoms with van der Waals surface area (Å²) in [5.74, 6) is 0.381. The Labute approximate surface area is 126 Å². The molecule has 2 aliphatic rings. The van der Waals surface area contributed by atoms with E-state index in [2.05, 4.69) is 10.5 Å². The summed E-state index contributed by atoms with van der Waals surface area (Å²) < 4.78 is 5.78. The van der Waals surface area contributed by atoms with E-state index in [1.807, 2.05) is 42.5 Å². The molecule has 5 nitrogen and oxygen atoms in total. The summed E-state index contributed by atoms with van der Waals surface area (Å²) in [7, 11) is 0. The maximum absolute atomic E-state index is 12.4. The summed E-state index contributed by atoms with van der Waals surface area (Å²) in [6, 6.07) is 16.5. The van der Waals surface area contributed by atoms with E-state index in [1.54, 1.807) is 12.1 Å². The average Bonchev–Trinajstić information content (AvgIpc) is 3.27. The Kier molecular flexibility index (Phi) is 2.72. The molecule has 22 heavy (non-hydrogen) atoms. The van der Waals surface area contributed by atoms with Crippen molar-refractivity contribution in [1.82, 2.24) is 0 Å². The van der Waals surface area contributed by atoms with E-state index in [9.17, 15) is 10.0 Å².